The van der Waals surface area contributed by atoms with Gasteiger partial charge in [0.2, 0.25) is 5.91 Å². The first-order chi connectivity index (χ1) is 14.9. The van der Waals surface area contributed by atoms with Gasteiger partial charge in [-0.2, -0.15) is 0 Å². The fraction of sp³-hybridized carbons (Fsp3) is 0.895. The Kier molecular flexibility index (Phi) is 18.2. The van der Waals surface area contributed by atoms with Crippen molar-refractivity contribution in [2.75, 3.05) is 66.4 Å². The molecule has 9 N–H and O–H groups in total. The number of amides is 3. The number of nitrogens with two attached hydrogens (primary N) is 1. The molecule has 0 aromatic rings. The van der Waals surface area contributed by atoms with Gasteiger partial charge in [0.25, 0.3) is 0 Å². The fourth-order valence-electron chi connectivity index (χ4n) is 2.55. The largest absolute Gasteiger partial charge is 0.396 e. The maximum atomic E-state index is 12.2. The first-order valence-corrected chi connectivity index (χ1v) is 10.5. The fourth-order valence-corrected chi connectivity index (χ4v) is 2.55. The molecule has 0 radical (unpaired) electrons. The highest BCUT2D eigenvalue weighted by atomic mass is 16.5. The average molecular weight is 453 g/mol. The molecular weight excluding hydrogens is 412 g/mol. The van der Waals surface area contributed by atoms with Crippen molar-refractivity contribution in [2.45, 2.75) is 31.3 Å². The molecule has 12 heteroatoms. The van der Waals surface area contributed by atoms with Crippen molar-refractivity contribution in [2.24, 2.45) is 17.6 Å². The molecule has 0 aromatic heterocycles. The topological polar surface area (TPSA) is 196 Å². The van der Waals surface area contributed by atoms with E-state index in [1.165, 1.54) is 0 Å². The monoisotopic (exact) mass is 452 g/mol. The second-order valence-corrected chi connectivity index (χ2v) is 7.37. The normalized spacial score (nSPS) is 12.5. The lowest BCUT2D eigenvalue weighted by atomic mass is 10.1. The van der Waals surface area contributed by atoms with Crippen molar-refractivity contribution in [1.29, 1.82) is 0 Å². The quantitative estimate of drug-likeness (QED) is 0.0896. The minimum atomic E-state index is -0.514. The second-order valence-electron chi connectivity index (χ2n) is 7.37. The summed E-state index contributed by atoms with van der Waals surface area (Å²) in [7, 11) is 1.66. The highest BCUT2D eigenvalue weighted by molar-refractivity contribution is 5.79. The number of ether oxygens (including phenoxy) is 2. The Morgan fingerprint density at radius 2 is 1.39 bits per heavy atom. The molecule has 0 aromatic carbocycles. The molecule has 31 heavy (non-hydrogen) atoms. The predicted octanol–water partition coefficient (Wildman–Crippen LogP) is -2.87. The molecule has 0 spiro atoms. The lowest BCUT2D eigenvalue weighted by Crippen LogP contribution is -2.47. The van der Waals surface area contributed by atoms with Crippen molar-refractivity contribution < 1.29 is 39.5 Å². The molecule has 12 nitrogen and oxygen atoms in total. The van der Waals surface area contributed by atoms with Crippen LogP contribution in [0.4, 0.5) is 4.79 Å². The highest BCUT2D eigenvalue weighted by Crippen LogP contribution is 2.01. The molecule has 0 fully saturated rings. The summed E-state index contributed by atoms with van der Waals surface area (Å²) in [6.45, 7) is -0.0393. The molecule has 0 aliphatic rings. The summed E-state index contributed by atoms with van der Waals surface area (Å²) < 4.78 is 10.9. The number of carbonyl (C=O) groups is 2. The lowest BCUT2D eigenvalue weighted by Gasteiger charge is -2.21. The lowest BCUT2D eigenvalue weighted by molar-refractivity contribution is -0.120. The van der Waals surface area contributed by atoms with Gasteiger partial charge in [0.15, 0.2) is 0 Å². The van der Waals surface area contributed by atoms with Crippen LogP contribution in [0, 0.1) is 11.8 Å². The van der Waals surface area contributed by atoms with Crippen molar-refractivity contribution in [1.82, 2.24) is 16.0 Å². The maximum Gasteiger partial charge on any atom is 0.315 e. The molecule has 0 unspecified atom stereocenters. The van der Waals surface area contributed by atoms with Gasteiger partial charge in [-0.3, -0.25) is 4.79 Å². The summed E-state index contributed by atoms with van der Waals surface area (Å²) in [5, 5.41) is 44.7. The molecule has 184 valence electrons. The van der Waals surface area contributed by atoms with E-state index in [1.54, 1.807) is 7.05 Å². The molecule has 0 saturated heterocycles. The van der Waals surface area contributed by atoms with Crippen molar-refractivity contribution in [3.05, 3.63) is 0 Å². The van der Waals surface area contributed by atoms with Gasteiger partial charge in [-0.15, -0.1) is 0 Å². The summed E-state index contributed by atoms with van der Waals surface area (Å²) in [6.07, 6.45) is 1.95. The Hall–Kier alpha value is -1.54. The van der Waals surface area contributed by atoms with Crippen LogP contribution in [0.1, 0.15) is 19.3 Å². The van der Waals surface area contributed by atoms with E-state index in [1.807, 2.05) is 0 Å². The van der Waals surface area contributed by atoms with Crippen molar-refractivity contribution in [3.63, 3.8) is 0 Å². The van der Waals surface area contributed by atoms with E-state index < -0.39 is 35.9 Å². The van der Waals surface area contributed by atoms with Crippen molar-refractivity contribution in [3.8, 4) is 0 Å². The highest BCUT2D eigenvalue weighted by Gasteiger charge is 2.16. The second kappa shape index (κ2) is 19.2. The minimum Gasteiger partial charge on any atom is -0.396 e. The molecule has 1 atom stereocenters. The molecule has 3 amide bonds. The van der Waals surface area contributed by atoms with E-state index in [0.29, 0.717) is 25.8 Å². The summed E-state index contributed by atoms with van der Waals surface area (Å²) >= 11 is 0. The Balaban J connectivity index is 4.36. The van der Waals surface area contributed by atoms with Crippen LogP contribution in [-0.2, 0) is 14.3 Å². The molecule has 0 bridgehead atoms. The number of nitrogens with one attached hydrogen (secondary N) is 3. The van der Waals surface area contributed by atoms with E-state index in [-0.39, 0.29) is 52.9 Å². The van der Waals surface area contributed by atoms with Gasteiger partial charge in [-0.05, 0) is 26.3 Å². The van der Waals surface area contributed by atoms with Crippen LogP contribution in [0.3, 0.4) is 0 Å². The number of hydrogen-bond acceptors (Lipinski definition) is 9. The summed E-state index contributed by atoms with van der Waals surface area (Å²) in [4.78, 5) is 23.3. The van der Waals surface area contributed by atoms with Gasteiger partial charge < -0.3 is 51.6 Å². The third-order valence-corrected chi connectivity index (χ3v) is 4.61. The molecular formula is C19H40N4O8. The number of primary amides is 1. The number of urea groups is 1. The van der Waals surface area contributed by atoms with E-state index in [2.05, 4.69) is 16.0 Å². The number of aliphatic hydroxyl groups is 4. The molecule has 0 saturated carbocycles. The zero-order valence-electron chi connectivity index (χ0n) is 18.3. The zero-order valence-corrected chi connectivity index (χ0v) is 18.3. The smallest absolute Gasteiger partial charge is 0.315 e. The molecule has 0 aliphatic heterocycles. The molecule has 0 heterocycles. The minimum absolute atomic E-state index is 0.0926. The number of aliphatic hydroxyl groups excluding tert-OH is 4. The number of unbranched alkanes of at least 4 members (excludes halogenated alkanes) is 1. The zero-order chi connectivity index (χ0) is 23.5. The Labute approximate surface area is 183 Å². The summed E-state index contributed by atoms with van der Waals surface area (Å²) in [5.41, 5.74) is 5.26. The number of hydrogen-bond donors (Lipinski definition) is 8. The Bertz CT molecular complexity index is 446. The van der Waals surface area contributed by atoms with Gasteiger partial charge >= 0.3 is 6.03 Å². The maximum absolute atomic E-state index is 12.2. The average Bonchev–Trinajstić information content (AvgIpc) is 2.76. The van der Waals surface area contributed by atoms with Crippen LogP contribution in [-0.4, -0.2) is 111 Å². The van der Waals surface area contributed by atoms with E-state index in [4.69, 9.17) is 35.6 Å². The SMILES string of the molecule is CN[C@H](CCCCNC(=O)NC(COCC(CO)CO)COCC(CO)CO)C(N)=O. The van der Waals surface area contributed by atoms with Gasteiger partial charge in [0, 0.05) is 18.4 Å². The van der Waals surface area contributed by atoms with Crippen LogP contribution in [0.5, 0.6) is 0 Å². The van der Waals surface area contributed by atoms with Crippen molar-refractivity contribution >= 4 is 11.9 Å². The van der Waals surface area contributed by atoms with Crippen LogP contribution < -0.4 is 21.7 Å². The third-order valence-electron chi connectivity index (χ3n) is 4.61. The van der Waals surface area contributed by atoms with E-state index >= 15 is 0 Å². The molecule has 0 rings (SSSR count). The van der Waals surface area contributed by atoms with E-state index in [0.717, 1.165) is 0 Å². The van der Waals surface area contributed by atoms with Gasteiger partial charge in [0.1, 0.15) is 0 Å². The van der Waals surface area contributed by atoms with Crippen LogP contribution >= 0.6 is 0 Å². The predicted molar refractivity (Wildman–Crippen MR) is 113 cm³/mol. The number of rotatable bonds is 20. The van der Waals surface area contributed by atoms with E-state index in [9.17, 15) is 9.59 Å². The number of carbonyl (C=O) groups excluding carboxylic acids is 2. The number of likely N-dealkylation sites (N-methyl/N-ethyl adjacent to an activating group) is 1. The third kappa shape index (κ3) is 15.0. The molecule has 0 aliphatic carbocycles. The first-order valence-electron chi connectivity index (χ1n) is 10.5. The summed E-state index contributed by atoms with van der Waals surface area (Å²) in [5.74, 6) is -1.24. The standard InChI is InChI=1S/C19H40N4O8/c1-21-17(18(20)28)4-2-3-5-22-19(29)23-16(12-30-10-14(6-24)7-25)13-31-11-15(8-26)9-27/h14-17,21,24-27H,2-13H2,1H3,(H2,20,28)(H2,22,23,29)/t17-/m1/s1. The van der Waals surface area contributed by atoms with Gasteiger partial charge in [-0.25, -0.2) is 4.79 Å². The Morgan fingerprint density at radius 1 is 0.871 bits per heavy atom. The van der Waals surface area contributed by atoms with Gasteiger partial charge in [-0.1, -0.05) is 0 Å². The van der Waals surface area contributed by atoms with Crippen LogP contribution in [0.25, 0.3) is 0 Å². The summed E-state index contributed by atoms with van der Waals surface area (Å²) in [6, 6.07) is -1.32. The van der Waals surface area contributed by atoms with Crippen LogP contribution in [0.15, 0.2) is 0 Å². The Morgan fingerprint density at radius 3 is 1.81 bits per heavy atom. The van der Waals surface area contributed by atoms with Crippen LogP contribution in [0.2, 0.25) is 0 Å². The van der Waals surface area contributed by atoms with Gasteiger partial charge in [0.05, 0.1) is 64.9 Å². The first kappa shape index (κ1) is 29.5.